The highest BCUT2D eigenvalue weighted by molar-refractivity contribution is 9.10. The minimum Gasteiger partial charge on any atom is -0.132 e. The molecule has 72 valence electrons. The van der Waals surface area contributed by atoms with Crippen LogP contribution in [0.1, 0.15) is 12.5 Å². The third-order valence-corrected chi connectivity index (χ3v) is 2.97. The van der Waals surface area contributed by atoms with Crippen LogP contribution < -0.4 is 0 Å². The number of hydrogen-bond donors (Lipinski definition) is 0. The van der Waals surface area contributed by atoms with Gasteiger partial charge in [-0.2, -0.15) is 0 Å². The summed E-state index contributed by atoms with van der Waals surface area (Å²) in [5, 5.41) is 0. The number of hydrogen-bond acceptors (Lipinski definition) is 0. The summed E-state index contributed by atoms with van der Waals surface area (Å²) in [6.07, 6.45) is 3.81. The van der Waals surface area contributed by atoms with E-state index >= 15 is 0 Å². The Kier molecular flexibility index (Phi) is 3.51. The van der Waals surface area contributed by atoms with Crippen molar-refractivity contribution in [3.63, 3.8) is 0 Å². The number of allylic oxidation sites excluding steroid dienone is 2. The van der Waals surface area contributed by atoms with Gasteiger partial charge in [0.2, 0.25) is 0 Å². The van der Waals surface area contributed by atoms with Gasteiger partial charge in [-0.05, 0) is 24.6 Å². The molecule has 0 saturated carbocycles. The SMILES string of the molecule is C=C=C[C@@](C)(C=C)c1ccccc1Br. The first-order valence-electron chi connectivity index (χ1n) is 4.39. The second-order valence-electron chi connectivity index (χ2n) is 3.32. The van der Waals surface area contributed by atoms with Gasteiger partial charge in [0, 0.05) is 9.89 Å². The van der Waals surface area contributed by atoms with Crippen LogP contribution in [0.5, 0.6) is 0 Å². The molecule has 0 N–H and O–H groups in total. The zero-order valence-corrected chi connectivity index (χ0v) is 9.84. The Morgan fingerprint density at radius 2 is 2.07 bits per heavy atom. The van der Waals surface area contributed by atoms with Crippen LogP contribution in [0.25, 0.3) is 0 Å². The topological polar surface area (TPSA) is 0 Å². The maximum atomic E-state index is 3.85. The molecule has 1 atom stereocenters. The van der Waals surface area contributed by atoms with Gasteiger partial charge in [-0.15, -0.1) is 12.3 Å². The Bertz CT molecular complexity index is 386. The molecule has 0 spiro atoms. The largest absolute Gasteiger partial charge is 0.132 e. The van der Waals surface area contributed by atoms with E-state index in [1.807, 2.05) is 30.4 Å². The third kappa shape index (κ3) is 2.06. The number of rotatable bonds is 3. The Balaban J connectivity index is 3.32. The first kappa shape index (κ1) is 11.0. The summed E-state index contributed by atoms with van der Waals surface area (Å²) in [6, 6.07) is 8.10. The molecule has 0 unspecified atom stereocenters. The fraction of sp³-hybridized carbons (Fsp3) is 0.154. The molecule has 1 heteroatoms. The standard InChI is InChI=1S/C13H13Br/c1-4-10-13(3,5-2)11-8-6-7-9-12(11)14/h5-10H,1-2H2,3H3/t13-/m1/s1. The third-order valence-electron chi connectivity index (χ3n) is 2.28. The minimum absolute atomic E-state index is 0.207. The van der Waals surface area contributed by atoms with Gasteiger partial charge in [0.25, 0.3) is 0 Å². The lowest BCUT2D eigenvalue weighted by Crippen LogP contribution is -2.15. The number of halogens is 1. The van der Waals surface area contributed by atoms with Crippen LogP contribution in [-0.4, -0.2) is 0 Å². The van der Waals surface area contributed by atoms with E-state index in [0.29, 0.717) is 0 Å². The van der Waals surface area contributed by atoms with E-state index in [0.717, 1.165) is 4.47 Å². The van der Waals surface area contributed by atoms with Gasteiger partial charge in [0.15, 0.2) is 0 Å². The average molecular weight is 249 g/mol. The summed E-state index contributed by atoms with van der Waals surface area (Å²) in [5.41, 5.74) is 3.78. The predicted molar refractivity (Wildman–Crippen MR) is 65.4 cm³/mol. The van der Waals surface area contributed by atoms with Gasteiger partial charge in [-0.3, -0.25) is 0 Å². The fourth-order valence-corrected chi connectivity index (χ4v) is 2.07. The van der Waals surface area contributed by atoms with Crippen LogP contribution in [-0.2, 0) is 5.41 Å². The molecule has 0 aliphatic carbocycles. The van der Waals surface area contributed by atoms with Gasteiger partial charge in [-0.25, -0.2) is 0 Å². The van der Waals surface area contributed by atoms with E-state index < -0.39 is 0 Å². The second-order valence-corrected chi connectivity index (χ2v) is 4.17. The van der Waals surface area contributed by atoms with E-state index in [-0.39, 0.29) is 5.41 Å². The molecule has 0 nitrogen and oxygen atoms in total. The van der Waals surface area contributed by atoms with Crippen LogP contribution >= 0.6 is 15.9 Å². The second kappa shape index (κ2) is 4.45. The highest BCUT2D eigenvalue weighted by atomic mass is 79.9. The van der Waals surface area contributed by atoms with Gasteiger partial charge in [0.1, 0.15) is 0 Å². The molecule has 0 aliphatic heterocycles. The molecule has 1 aromatic carbocycles. The van der Waals surface area contributed by atoms with Crippen LogP contribution in [0, 0.1) is 0 Å². The van der Waals surface area contributed by atoms with Crippen molar-refractivity contribution in [1.29, 1.82) is 0 Å². The molecule has 0 radical (unpaired) electrons. The van der Waals surface area contributed by atoms with Crippen LogP contribution in [0.3, 0.4) is 0 Å². The zero-order chi connectivity index (χ0) is 10.6. The van der Waals surface area contributed by atoms with E-state index in [1.165, 1.54) is 5.56 Å². The molecule has 0 saturated heterocycles. The summed E-state index contributed by atoms with van der Waals surface area (Å²) in [6.45, 7) is 9.54. The molecule has 0 aliphatic rings. The van der Waals surface area contributed by atoms with Crippen LogP contribution in [0.15, 0.2) is 59.8 Å². The smallest absolute Gasteiger partial charge is 0.0366 e. The van der Waals surface area contributed by atoms with Crippen molar-refractivity contribution in [2.75, 3.05) is 0 Å². The lowest BCUT2D eigenvalue weighted by Gasteiger charge is -2.22. The summed E-state index contributed by atoms with van der Waals surface area (Å²) < 4.78 is 1.08. The van der Waals surface area contributed by atoms with Gasteiger partial charge >= 0.3 is 0 Å². The fourth-order valence-electron chi connectivity index (χ4n) is 1.36. The summed E-state index contributed by atoms with van der Waals surface area (Å²) in [4.78, 5) is 0. The van der Waals surface area contributed by atoms with Crippen LogP contribution in [0.2, 0.25) is 0 Å². The lowest BCUT2D eigenvalue weighted by molar-refractivity contribution is 0.756. The Hall–Kier alpha value is -1.04. The molecular formula is C13H13Br. The van der Waals surface area contributed by atoms with Crippen molar-refractivity contribution >= 4 is 15.9 Å². The van der Waals surface area contributed by atoms with E-state index in [9.17, 15) is 0 Å². The first-order chi connectivity index (χ1) is 6.64. The molecule has 0 bridgehead atoms. The normalized spacial score (nSPS) is 13.9. The molecule has 0 amide bonds. The highest BCUT2D eigenvalue weighted by Crippen LogP contribution is 2.32. The van der Waals surface area contributed by atoms with E-state index in [2.05, 4.69) is 47.8 Å². The Morgan fingerprint density at radius 1 is 1.43 bits per heavy atom. The van der Waals surface area contributed by atoms with Crippen molar-refractivity contribution in [2.24, 2.45) is 0 Å². The molecule has 14 heavy (non-hydrogen) atoms. The van der Waals surface area contributed by atoms with Crippen molar-refractivity contribution in [2.45, 2.75) is 12.3 Å². The lowest BCUT2D eigenvalue weighted by atomic mass is 9.83. The zero-order valence-electron chi connectivity index (χ0n) is 8.26. The van der Waals surface area contributed by atoms with Crippen LogP contribution in [0.4, 0.5) is 0 Å². The molecule has 1 rings (SSSR count). The molecule has 0 heterocycles. The van der Waals surface area contributed by atoms with Gasteiger partial charge < -0.3 is 0 Å². The monoisotopic (exact) mass is 248 g/mol. The summed E-state index contributed by atoms with van der Waals surface area (Å²) in [5.74, 6) is 0. The van der Waals surface area contributed by atoms with Crippen molar-refractivity contribution in [3.05, 3.63) is 65.3 Å². The van der Waals surface area contributed by atoms with Gasteiger partial charge in [0.05, 0.1) is 0 Å². The average Bonchev–Trinajstić information content (AvgIpc) is 2.18. The quantitative estimate of drug-likeness (QED) is 0.555. The van der Waals surface area contributed by atoms with Crippen molar-refractivity contribution in [1.82, 2.24) is 0 Å². The Morgan fingerprint density at radius 3 is 2.57 bits per heavy atom. The molecule has 0 aromatic heterocycles. The summed E-state index contributed by atoms with van der Waals surface area (Å²) >= 11 is 3.53. The molecular weight excluding hydrogens is 236 g/mol. The van der Waals surface area contributed by atoms with E-state index in [1.54, 1.807) is 0 Å². The maximum Gasteiger partial charge on any atom is 0.0366 e. The van der Waals surface area contributed by atoms with Crippen molar-refractivity contribution in [3.8, 4) is 0 Å². The minimum atomic E-state index is -0.207. The first-order valence-corrected chi connectivity index (χ1v) is 5.19. The summed E-state index contributed by atoms with van der Waals surface area (Å²) in [7, 11) is 0. The Labute approximate surface area is 93.8 Å². The van der Waals surface area contributed by atoms with Gasteiger partial charge in [-0.1, -0.05) is 46.8 Å². The molecule has 0 fully saturated rings. The predicted octanol–water partition coefficient (Wildman–Crippen LogP) is 4.23. The maximum absolute atomic E-state index is 3.85. The number of benzene rings is 1. The highest BCUT2D eigenvalue weighted by Gasteiger charge is 2.21. The van der Waals surface area contributed by atoms with Crippen molar-refractivity contribution < 1.29 is 0 Å². The van der Waals surface area contributed by atoms with E-state index in [4.69, 9.17) is 0 Å². The molecule has 1 aromatic rings.